The van der Waals surface area contributed by atoms with Crippen molar-refractivity contribution in [2.45, 2.75) is 122 Å². The highest BCUT2D eigenvalue weighted by molar-refractivity contribution is 6.00. The molecule has 3 saturated heterocycles. The minimum absolute atomic E-state index is 0.181. The Balaban J connectivity index is 1.49. The Bertz CT molecular complexity index is 1820. The van der Waals surface area contributed by atoms with E-state index in [1.165, 1.54) is 20.8 Å². The molecule has 0 aliphatic carbocycles. The number of hydrogen-bond donors (Lipinski definition) is 2. The van der Waals surface area contributed by atoms with Crippen LogP contribution in [0.15, 0.2) is 36.7 Å². The molecule has 3 aliphatic heterocycles. The van der Waals surface area contributed by atoms with E-state index in [9.17, 15) is 29.1 Å². The fourth-order valence-corrected chi connectivity index (χ4v) is 8.20. The Hall–Kier alpha value is -4.51. The number of hydrogen-bond acceptors (Lipinski definition) is 15. The van der Waals surface area contributed by atoms with Crippen LogP contribution in [0.5, 0.6) is 0 Å². The summed E-state index contributed by atoms with van der Waals surface area (Å²) in [5.74, 6) is -6.02. The van der Waals surface area contributed by atoms with Gasteiger partial charge in [0.25, 0.3) is 0 Å². The number of rotatable bonds is 8. The van der Waals surface area contributed by atoms with Gasteiger partial charge in [0.1, 0.15) is 42.2 Å². The van der Waals surface area contributed by atoms with Crippen LogP contribution in [-0.4, -0.2) is 125 Å². The number of fused-ring (bicyclic) bond motifs is 2. The molecule has 3 aliphatic rings. The Labute approximate surface area is 332 Å². The van der Waals surface area contributed by atoms with Crippen molar-refractivity contribution in [3.05, 3.63) is 42.2 Å². The summed E-state index contributed by atoms with van der Waals surface area (Å²) in [6.45, 7) is 11.1. The molecule has 2 unspecified atom stereocenters. The van der Waals surface area contributed by atoms with E-state index in [4.69, 9.17) is 28.4 Å². The maximum atomic E-state index is 14.3. The number of carbonyl (C=O) groups excluding carboxylic acids is 5. The number of likely N-dealkylation sites (N-methyl/N-ethyl adjacent to an activating group) is 1. The van der Waals surface area contributed by atoms with Crippen molar-refractivity contribution in [3.63, 3.8) is 0 Å². The lowest BCUT2D eigenvalue weighted by Gasteiger charge is -2.46. The Kier molecular flexibility index (Phi) is 14.1. The highest BCUT2D eigenvalue weighted by Gasteiger charge is 2.53. The standard InChI is InChI=1S/C41H56N4O12/c1-10-30-35-31(44-39(50)55-35)23(4)32(46)21(2)20-41(7,57-40(51)52-17-11-12-26-13-14-27-28(19-26)43-16-15-42-27)36(24(5)33(47)25(6)37(49)54-30)56-38-34(48)29(45(8)9)18-22(3)53-38/h11-16,19,21-25,29-31,34-36,38,48H,10,17-18,20H2,1-9H3,(H,44,50)/b12-11+/t21-,22-,23-,24+,25-,29+,30-,31+,34-,35-,36?,38?,41-/m1/s1. The molecule has 16 heteroatoms. The number of aliphatic hydroxyl groups excluding tert-OH is 1. The number of ether oxygens (including phenoxy) is 6. The number of benzene rings is 1. The zero-order valence-electron chi connectivity index (χ0n) is 34.1. The van der Waals surface area contributed by atoms with E-state index in [0.717, 1.165) is 11.1 Å². The van der Waals surface area contributed by atoms with Crippen molar-refractivity contribution in [3.8, 4) is 0 Å². The lowest BCUT2D eigenvalue weighted by Crippen LogP contribution is -2.60. The second-order valence-electron chi connectivity index (χ2n) is 15.9. The molecule has 0 saturated carbocycles. The number of amides is 1. The van der Waals surface area contributed by atoms with Gasteiger partial charge in [0, 0.05) is 36.2 Å². The second kappa shape index (κ2) is 18.4. The molecule has 5 rings (SSSR count). The lowest BCUT2D eigenvalue weighted by atomic mass is 9.75. The number of nitrogens with one attached hydrogen (secondary N) is 1. The number of carbonyl (C=O) groups is 5. The Morgan fingerprint density at radius 1 is 1.02 bits per heavy atom. The largest absolute Gasteiger partial charge is 0.509 e. The summed E-state index contributed by atoms with van der Waals surface area (Å²) in [6, 6.07) is 4.25. The zero-order chi connectivity index (χ0) is 41.8. The summed E-state index contributed by atoms with van der Waals surface area (Å²) >= 11 is 0. The molecule has 57 heavy (non-hydrogen) atoms. The predicted octanol–water partition coefficient (Wildman–Crippen LogP) is 4.25. The van der Waals surface area contributed by atoms with E-state index >= 15 is 0 Å². The van der Waals surface area contributed by atoms with Gasteiger partial charge in [-0.1, -0.05) is 39.8 Å². The number of cyclic esters (lactones) is 1. The summed E-state index contributed by atoms with van der Waals surface area (Å²) < 4.78 is 35.6. The van der Waals surface area contributed by atoms with Crippen LogP contribution in [0, 0.1) is 23.7 Å². The van der Waals surface area contributed by atoms with Crippen molar-refractivity contribution in [2.24, 2.45) is 23.7 Å². The average molecular weight is 797 g/mol. The number of esters is 1. The summed E-state index contributed by atoms with van der Waals surface area (Å²) in [4.78, 5) is 78.8. The van der Waals surface area contributed by atoms with Crippen LogP contribution in [0.3, 0.4) is 0 Å². The van der Waals surface area contributed by atoms with Crippen molar-refractivity contribution >= 4 is 46.9 Å². The van der Waals surface area contributed by atoms with Gasteiger partial charge in [0.2, 0.25) is 0 Å². The van der Waals surface area contributed by atoms with Crippen molar-refractivity contribution < 1.29 is 57.5 Å². The SMILES string of the molecule is CC[C@H]1OC(=O)[C@H](C)C(=O)[C@H](C)C(OC2O[C@H](C)C[C@H](N(C)C)[C@H]2O)[C@](C)(OC(=O)OC/C=C/c2ccc3nccnc3c2)C[C@@H](C)C(=O)[C@H](C)[C@@H]2NC(=O)O[C@@H]21. The summed E-state index contributed by atoms with van der Waals surface area (Å²) in [6.07, 6.45) is -0.970. The molecular formula is C41H56N4O12. The van der Waals surface area contributed by atoms with Gasteiger partial charge in [0.05, 0.1) is 23.2 Å². The molecular weight excluding hydrogens is 740 g/mol. The summed E-state index contributed by atoms with van der Waals surface area (Å²) in [5, 5.41) is 14.2. The molecule has 16 nitrogen and oxygen atoms in total. The molecule has 3 fully saturated rings. The van der Waals surface area contributed by atoms with Crippen molar-refractivity contribution in [1.82, 2.24) is 20.2 Å². The average Bonchev–Trinajstić information content (AvgIpc) is 3.57. The molecule has 0 bridgehead atoms. The van der Waals surface area contributed by atoms with Crippen LogP contribution >= 0.6 is 0 Å². The van der Waals surface area contributed by atoms with E-state index in [1.54, 1.807) is 45.3 Å². The first kappa shape index (κ1) is 43.6. The molecule has 13 atom stereocenters. The quantitative estimate of drug-likeness (QED) is 0.218. The molecule has 0 radical (unpaired) electrons. The van der Waals surface area contributed by atoms with Gasteiger partial charge >= 0.3 is 18.2 Å². The molecule has 2 N–H and O–H groups in total. The third kappa shape index (κ3) is 9.97. The monoisotopic (exact) mass is 796 g/mol. The zero-order valence-corrected chi connectivity index (χ0v) is 34.1. The number of ketones is 2. The van der Waals surface area contributed by atoms with E-state index in [-0.39, 0.29) is 37.4 Å². The van der Waals surface area contributed by atoms with Gasteiger partial charge in [-0.15, -0.1) is 0 Å². The second-order valence-corrected chi connectivity index (χ2v) is 15.9. The number of Topliss-reactive ketones (excluding diaryl/α,β-unsaturated/α-hetero) is 2. The van der Waals surface area contributed by atoms with Crippen LogP contribution in [-0.2, 0) is 42.8 Å². The normalized spacial score (nSPS) is 35.6. The van der Waals surface area contributed by atoms with Crippen LogP contribution in [0.4, 0.5) is 9.59 Å². The molecule has 1 aromatic heterocycles. The summed E-state index contributed by atoms with van der Waals surface area (Å²) in [5.41, 5.74) is 0.417. The van der Waals surface area contributed by atoms with Crippen LogP contribution in [0.1, 0.15) is 73.3 Å². The highest BCUT2D eigenvalue weighted by Crippen LogP contribution is 2.38. The fourth-order valence-electron chi connectivity index (χ4n) is 8.20. The van der Waals surface area contributed by atoms with Crippen LogP contribution < -0.4 is 5.32 Å². The number of nitrogens with zero attached hydrogens (tertiary/aromatic N) is 3. The minimum atomic E-state index is -1.80. The Morgan fingerprint density at radius 2 is 1.72 bits per heavy atom. The lowest BCUT2D eigenvalue weighted by molar-refractivity contribution is -0.293. The number of aromatic nitrogens is 2. The summed E-state index contributed by atoms with van der Waals surface area (Å²) in [7, 11) is 3.63. The third-order valence-electron chi connectivity index (χ3n) is 11.4. The maximum absolute atomic E-state index is 14.3. The molecule has 1 aromatic carbocycles. The van der Waals surface area contributed by atoms with Gasteiger partial charge in [-0.3, -0.25) is 24.4 Å². The smallest absolute Gasteiger partial charge is 0.458 e. The molecule has 1 amide bonds. The highest BCUT2D eigenvalue weighted by atomic mass is 16.8. The molecule has 2 aromatic rings. The van der Waals surface area contributed by atoms with Crippen molar-refractivity contribution in [2.75, 3.05) is 20.7 Å². The molecule has 0 spiro atoms. The number of alkyl carbamates (subject to hydrolysis) is 1. The maximum Gasteiger partial charge on any atom is 0.509 e. The van der Waals surface area contributed by atoms with Gasteiger partial charge in [0.15, 0.2) is 18.2 Å². The first-order valence-electron chi connectivity index (χ1n) is 19.6. The van der Waals surface area contributed by atoms with E-state index in [2.05, 4.69) is 15.3 Å². The van der Waals surface area contributed by atoms with Gasteiger partial charge in [-0.25, -0.2) is 9.59 Å². The van der Waals surface area contributed by atoms with Gasteiger partial charge in [-0.05, 0) is 77.9 Å². The van der Waals surface area contributed by atoms with E-state index < -0.39 is 90.0 Å². The predicted molar refractivity (Wildman–Crippen MR) is 205 cm³/mol. The van der Waals surface area contributed by atoms with Crippen molar-refractivity contribution in [1.29, 1.82) is 0 Å². The number of aliphatic hydroxyl groups is 1. The molecule has 312 valence electrons. The van der Waals surface area contributed by atoms with E-state index in [0.29, 0.717) is 11.9 Å². The van der Waals surface area contributed by atoms with Crippen LogP contribution in [0.25, 0.3) is 17.1 Å². The van der Waals surface area contributed by atoms with Crippen LogP contribution in [0.2, 0.25) is 0 Å². The Morgan fingerprint density at radius 3 is 2.40 bits per heavy atom. The van der Waals surface area contributed by atoms with Gasteiger partial charge in [-0.2, -0.15) is 0 Å². The fraction of sp³-hybridized carbons (Fsp3) is 0.634. The first-order valence-corrected chi connectivity index (χ1v) is 19.6. The third-order valence-corrected chi connectivity index (χ3v) is 11.4. The minimum Gasteiger partial charge on any atom is -0.458 e. The van der Waals surface area contributed by atoms with E-state index in [1.807, 2.05) is 44.1 Å². The first-order chi connectivity index (χ1) is 26.9. The topological polar surface area (TPSA) is 202 Å². The molecule has 4 heterocycles. The van der Waals surface area contributed by atoms with Gasteiger partial charge < -0.3 is 43.7 Å².